The van der Waals surface area contributed by atoms with Crippen molar-refractivity contribution in [2.75, 3.05) is 13.1 Å². The Morgan fingerprint density at radius 1 is 1.50 bits per heavy atom. The fourth-order valence-corrected chi connectivity index (χ4v) is 2.16. The molecule has 1 unspecified atom stereocenters. The molecule has 1 atom stereocenters. The highest BCUT2D eigenvalue weighted by molar-refractivity contribution is 5.91. The van der Waals surface area contributed by atoms with Crippen molar-refractivity contribution in [3.63, 3.8) is 0 Å². The number of furan rings is 1. The number of aromatic nitrogens is 1. The Labute approximate surface area is 92.7 Å². The molecule has 0 bridgehead atoms. The third-order valence-corrected chi connectivity index (χ3v) is 3.02. The van der Waals surface area contributed by atoms with Gasteiger partial charge in [0.25, 0.3) is 0 Å². The van der Waals surface area contributed by atoms with Gasteiger partial charge in [0, 0.05) is 31.3 Å². The molecule has 1 N–H and O–H groups in total. The topological polar surface area (TPSA) is 55.1 Å². The van der Waals surface area contributed by atoms with E-state index in [0.717, 1.165) is 23.2 Å². The van der Waals surface area contributed by atoms with Gasteiger partial charge in [0.05, 0.1) is 12.2 Å². The normalized spacial score (nSPS) is 21.5. The van der Waals surface area contributed by atoms with Gasteiger partial charge in [0.15, 0.2) is 5.58 Å². The Morgan fingerprint density at radius 2 is 2.44 bits per heavy atom. The molecule has 0 radical (unpaired) electrons. The summed E-state index contributed by atoms with van der Waals surface area (Å²) in [5.41, 5.74) is 2.47. The van der Waals surface area contributed by atoms with E-state index in [1.807, 2.05) is 12.1 Å². The summed E-state index contributed by atoms with van der Waals surface area (Å²) in [5.74, 6) is 0.164. The Morgan fingerprint density at radius 3 is 3.31 bits per heavy atom. The predicted molar refractivity (Wildman–Crippen MR) is 59.2 cm³/mol. The zero-order chi connectivity index (χ0) is 11.0. The Hall–Kier alpha value is -1.68. The van der Waals surface area contributed by atoms with Crippen molar-refractivity contribution in [3.05, 3.63) is 30.2 Å². The van der Waals surface area contributed by atoms with Crippen molar-refractivity contribution in [2.24, 2.45) is 0 Å². The van der Waals surface area contributed by atoms with E-state index < -0.39 is 0 Å². The first-order valence-corrected chi connectivity index (χ1v) is 5.42. The van der Waals surface area contributed by atoms with E-state index >= 15 is 0 Å². The van der Waals surface area contributed by atoms with Gasteiger partial charge in [-0.2, -0.15) is 0 Å². The minimum atomic E-state index is -0.107. The van der Waals surface area contributed by atoms with E-state index in [4.69, 9.17) is 4.42 Å². The number of ketones is 1. The number of rotatable bonds is 1. The molecular weight excluding hydrogens is 204 g/mol. The molecule has 0 spiro atoms. The molecule has 0 saturated carbocycles. The molecule has 2 aromatic rings. The first-order valence-electron chi connectivity index (χ1n) is 5.42. The number of nitrogens with zero attached hydrogens (tertiary/aromatic N) is 1. The molecule has 0 aliphatic carbocycles. The molecule has 4 nitrogen and oxygen atoms in total. The molecule has 0 aromatic carbocycles. The summed E-state index contributed by atoms with van der Waals surface area (Å²) in [4.78, 5) is 16.1. The summed E-state index contributed by atoms with van der Waals surface area (Å²) >= 11 is 0. The number of piperidine rings is 1. The van der Waals surface area contributed by atoms with E-state index in [1.54, 1.807) is 12.5 Å². The lowest BCUT2D eigenvalue weighted by molar-refractivity contribution is -0.121. The van der Waals surface area contributed by atoms with Gasteiger partial charge in [-0.05, 0) is 12.1 Å². The van der Waals surface area contributed by atoms with Gasteiger partial charge in [0.1, 0.15) is 11.3 Å². The van der Waals surface area contributed by atoms with Crippen molar-refractivity contribution in [3.8, 4) is 0 Å². The van der Waals surface area contributed by atoms with Crippen LogP contribution in [0.3, 0.4) is 0 Å². The predicted octanol–water partition coefficient (Wildman–Crippen LogP) is 1.47. The maximum absolute atomic E-state index is 11.8. The summed E-state index contributed by atoms with van der Waals surface area (Å²) in [6, 6.07) is 3.70. The monoisotopic (exact) mass is 216 g/mol. The number of hydrogen-bond donors (Lipinski definition) is 1. The van der Waals surface area contributed by atoms with Crippen LogP contribution in [0.15, 0.2) is 29.0 Å². The zero-order valence-electron chi connectivity index (χ0n) is 8.77. The van der Waals surface area contributed by atoms with Crippen LogP contribution < -0.4 is 5.32 Å². The molecule has 4 heteroatoms. The van der Waals surface area contributed by atoms with Gasteiger partial charge in [0.2, 0.25) is 0 Å². The zero-order valence-corrected chi connectivity index (χ0v) is 8.77. The second-order valence-electron chi connectivity index (χ2n) is 4.01. The van der Waals surface area contributed by atoms with Crippen LogP contribution in [-0.4, -0.2) is 23.9 Å². The van der Waals surface area contributed by atoms with Crippen molar-refractivity contribution in [1.29, 1.82) is 0 Å². The molecule has 3 heterocycles. The van der Waals surface area contributed by atoms with Crippen molar-refractivity contribution < 1.29 is 9.21 Å². The average molecular weight is 216 g/mol. The van der Waals surface area contributed by atoms with Gasteiger partial charge in [-0.25, -0.2) is 0 Å². The van der Waals surface area contributed by atoms with Crippen molar-refractivity contribution in [1.82, 2.24) is 10.3 Å². The van der Waals surface area contributed by atoms with Crippen LogP contribution in [0.4, 0.5) is 0 Å². The Kier molecular flexibility index (Phi) is 2.22. The van der Waals surface area contributed by atoms with Gasteiger partial charge in [-0.15, -0.1) is 0 Å². The smallest absolute Gasteiger partial charge is 0.152 e. The maximum atomic E-state index is 11.8. The molecule has 1 fully saturated rings. The van der Waals surface area contributed by atoms with E-state index in [1.165, 1.54) is 0 Å². The molecule has 3 rings (SSSR count). The Bertz CT molecular complexity index is 533. The lowest BCUT2D eigenvalue weighted by Crippen LogP contribution is -2.35. The lowest BCUT2D eigenvalue weighted by Gasteiger charge is -2.20. The maximum Gasteiger partial charge on any atom is 0.152 e. The number of pyridine rings is 1. The number of nitrogens with one attached hydrogen (secondary N) is 1. The summed E-state index contributed by atoms with van der Waals surface area (Å²) in [6.07, 6.45) is 3.97. The molecule has 1 saturated heterocycles. The van der Waals surface area contributed by atoms with Gasteiger partial charge >= 0.3 is 0 Å². The van der Waals surface area contributed by atoms with Crippen LogP contribution >= 0.6 is 0 Å². The van der Waals surface area contributed by atoms with E-state index in [0.29, 0.717) is 13.0 Å². The minimum absolute atomic E-state index is 0.107. The summed E-state index contributed by atoms with van der Waals surface area (Å²) in [5, 5.41) is 3.23. The van der Waals surface area contributed by atoms with E-state index in [9.17, 15) is 4.79 Å². The van der Waals surface area contributed by atoms with Gasteiger partial charge in [-0.1, -0.05) is 0 Å². The molecular formula is C12H12N2O2. The first kappa shape index (κ1) is 9.54. The molecule has 2 aromatic heterocycles. The average Bonchev–Trinajstić information content (AvgIpc) is 2.74. The SMILES string of the molecule is O=C1CCNCC1c1coc2cccnc12. The second-order valence-corrected chi connectivity index (χ2v) is 4.01. The number of carbonyl (C=O) groups excluding carboxylic acids is 1. The van der Waals surface area contributed by atoms with Crippen LogP contribution in [0.25, 0.3) is 11.1 Å². The Balaban J connectivity index is 2.08. The fourth-order valence-electron chi connectivity index (χ4n) is 2.16. The highest BCUT2D eigenvalue weighted by Gasteiger charge is 2.27. The molecule has 1 aliphatic heterocycles. The lowest BCUT2D eigenvalue weighted by atomic mass is 9.91. The minimum Gasteiger partial charge on any atom is -0.462 e. The first-order chi connectivity index (χ1) is 7.86. The third-order valence-electron chi connectivity index (χ3n) is 3.02. The van der Waals surface area contributed by atoms with Gasteiger partial charge in [-0.3, -0.25) is 9.78 Å². The fraction of sp³-hybridized carbons (Fsp3) is 0.333. The summed E-state index contributed by atoms with van der Waals surface area (Å²) < 4.78 is 5.41. The number of hydrogen-bond acceptors (Lipinski definition) is 4. The quantitative estimate of drug-likeness (QED) is 0.784. The van der Waals surface area contributed by atoms with Crippen LogP contribution in [-0.2, 0) is 4.79 Å². The second kappa shape index (κ2) is 3.72. The molecule has 82 valence electrons. The third kappa shape index (κ3) is 1.42. The number of Topliss-reactive ketones (excluding diaryl/α,β-unsaturated/α-hetero) is 1. The van der Waals surface area contributed by atoms with Gasteiger partial charge < -0.3 is 9.73 Å². The standard InChI is InChI=1S/C12H12N2O2/c15-10-3-5-13-6-8(10)9-7-16-11-2-1-4-14-12(9)11/h1-2,4,7-8,13H,3,5-6H2. The van der Waals surface area contributed by atoms with Crippen molar-refractivity contribution in [2.45, 2.75) is 12.3 Å². The van der Waals surface area contributed by atoms with E-state index in [2.05, 4.69) is 10.3 Å². The van der Waals surface area contributed by atoms with Crippen LogP contribution in [0, 0.1) is 0 Å². The largest absolute Gasteiger partial charge is 0.462 e. The van der Waals surface area contributed by atoms with Crippen molar-refractivity contribution >= 4 is 16.9 Å². The number of carbonyl (C=O) groups is 1. The highest BCUT2D eigenvalue weighted by atomic mass is 16.3. The number of fused-ring (bicyclic) bond motifs is 1. The molecule has 1 aliphatic rings. The van der Waals surface area contributed by atoms with Crippen LogP contribution in [0.5, 0.6) is 0 Å². The van der Waals surface area contributed by atoms with E-state index in [-0.39, 0.29) is 11.7 Å². The summed E-state index contributed by atoms with van der Waals surface area (Å²) in [6.45, 7) is 1.46. The molecule has 0 amide bonds. The van der Waals surface area contributed by atoms with Crippen LogP contribution in [0.1, 0.15) is 17.9 Å². The summed E-state index contributed by atoms with van der Waals surface area (Å²) in [7, 11) is 0. The van der Waals surface area contributed by atoms with Crippen LogP contribution in [0.2, 0.25) is 0 Å². The molecule has 16 heavy (non-hydrogen) atoms. The highest BCUT2D eigenvalue weighted by Crippen LogP contribution is 2.28.